The number of hydrogen-bond donors (Lipinski definition) is 2. The number of thiocarbonyl (C=S) groups is 1. The molecule has 26 heavy (non-hydrogen) atoms. The minimum Gasteiger partial charge on any atom is -0.355 e. The number of hydrogen-bond acceptors (Lipinski definition) is 1. The summed E-state index contributed by atoms with van der Waals surface area (Å²) < 4.78 is 0. The predicted molar refractivity (Wildman–Crippen MR) is 115 cm³/mol. The van der Waals surface area contributed by atoms with E-state index < -0.39 is 0 Å². The van der Waals surface area contributed by atoms with Crippen LogP contribution in [0.2, 0.25) is 0 Å². The quantitative estimate of drug-likeness (QED) is 0.581. The summed E-state index contributed by atoms with van der Waals surface area (Å²) in [7, 11) is 0. The Bertz CT molecular complexity index is 840. The molecule has 3 heteroatoms. The van der Waals surface area contributed by atoms with Crippen LogP contribution in [0.3, 0.4) is 0 Å². The summed E-state index contributed by atoms with van der Waals surface area (Å²) >= 11 is 5.59. The van der Waals surface area contributed by atoms with Gasteiger partial charge in [0, 0.05) is 5.69 Å². The maximum absolute atomic E-state index is 5.59. The first-order chi connectivity index (χ1) is 12.6. The molecule has 3 aromatic rings. The Hall–Kier alpha value is -2.65. The minimum absolute atomic E-state index is 0.115. The average Bonchev–Trinajstić information content (AvgIpc) is 2.62. The lowest BCUT2D eigenvalue weighted by Crippen LogP contribution is -2.33. The highest BCUT2D eigenvalue weighted by Gasteiger charge is 2.13. The van der Waals surface area contributed by atoms with Crippen molar-refractivity contribution < 1.29 is 0 Å². The Morgan fingerprint density at radius 2 is 1.42 bits per heavy atom. The second kappa shape index (κ2) is 8.63. The maximum atomic E-state index is 5.59. The normalized spacial score (nSPS) is 11.6. The van der Waals surface area contributed by atoms with Gasteiger partial charge in [-0.05, 0) is 66.9 Å². The van der Waals surface area contributed by atoms with Crippen LogP contribution in [0.25, 0.3) is 0 Å². The summed E-state index contributed by atoms with van der Waals surface area (Å²) in [5.41, 5.74) is 5.97. The third-order valence-corrected chi connectivity index (χ3v) is 4.49. The van der Waals surface area contributed by atoms with Gasteiger partial charge in [-0.3, -0.25) is 0 Å². The molecule has 0 heterocycles. The van der Waals surface area contributed by atoms with Gasteiger partial charge in [0.25, 0.3) is 0 Å². The fourth-order valence-corrected chi connectivity index (χ4v) is 3.42. The molecule has 2 nitrogen and oxygen atoms in total. The highest BCUT2D eigenvalue weighted by Crippen LogP contribution is 2.19. The lowest BCUT2D eigenvalue weighted by molar-refractivity contribution is 0.648. The summed E-state index contributed by atoms with van der Waals surface area (Å²) in [6, 6.07) is 27.4. The number of rotatable bonds is 5. The molecule has 0 radical (unpaired) electrons. The van der Waals surface area contributed by atoms with E-state index in [2.05, 4.69) is 91.2 Å². The van der Waals surface area contributed by atoms with E-state index in [0.717, 1.165) is 12.1 Å². The standard InChI is InChI=1S/C23H24N2S/c1-17-13-18(2)15-21(14-17)24-23(26)25-22(20-11-7-4-8-12-20)16-19-9-5-3-6-10-19/h3-15,22H,16H2,1-2H3,(H2,24,25,26)/t22-/m0/s1. The van der Waals surface area contributed by atoms with Gasteiger partial charge < -0.3 is 10.6 Å². The lowest BCUT2D eigenvalue weighted by Gasteiger charge is -2.22. The molecule has 0 amide bonds. The summed E-state index contributed by atoms with van der Waals surface area (Å²) in [6.45, 7) is 4.19. The van der Waals surface area contributed by atoms with E-state index in [1.807, 2.05) is 12.1 Å². The minimum atomic E-state index is 0.115. The molecular formula is C23H24N2S. The number of aryl methyl sites for hydroxylation is 2. The fourth-order valence-electron chi connectivity index (χ4n) is 3.16. The maximum Gasteiger partial charge on any atom is 0.171 e. The van der Waals surface area contributed by atoms with Crippen molar-refractivity contribution in [2.45, 2.75) is 26.3 Å². The molecule has 0 bridgehead atoms. The van der Waals surface area contributed by atoms with Gasteiger partial charge in [0.15, 0.2) is 5.11 Å². The van der Waals surface area contributed by atoms with Gasteiger partial charge in [0.2, 0.25) is 0 Å². The zero-order chi connectivity index (χ0) is 18.4. The smallest absolute Gasteiger partial charge is 0.171 e. The van der Waals surface area contributed by atoms with Crippen molar-refractivity contribution in [1.82, 2.24) is 5.32 Å². The number of anilines is 1. The third-order valence-electron chi connectivity index (χ3n) is 4.27. The Morgan fingerprint density at radius 1 is 0.846 bits per heavy atom. The van der Waals surface area contributed by atoms with Crippen LogP contribution in [0, 0.1) is 13.8 Å². The average molecular weight is 361 g/mol. The van der Waals surface area contributed by atoms with Gasteiger partial charge in [0.1, 0.15) is 0 Å². The zero-order valence-electron chi connectivity index (χ0n) is 15.2. The van der Waals surface area contributed by atoms with E-state index >= 15 is 0 Å². The molecule has 3 aromatic carbocycles. The van der Waals surface area contributed by atoms with Crippen LogP contribution < -0.4 is 10.6 Å². The van der Waals surface area contributed by atoms with Crippen molar-refractivity contribution in [3.05, 3.63) is 101 Å². The Kier molecular flexibility index (Phi) is 6.03. The van der Waals surface area contributed by atoms with Gasteiger partial charge in [-0.1, -0.05) is 66.7 Å². The summed E-state index contributed by atoms with van der Waals surface area (Å²) in [5, 5.41) is 7.46. The van der Waals surface area contributed by atoms with Crippen LogP contribution in [-0.4, -0.2) is 5.11 Å². The van der Waals surface area contributed by atoms with E-state index in [-0.39, 0.29) is 6.04 Å². The third kappa shape index (κ3) is 5.17. The monoisotopic (exact) mass is 360 g/mol. The molecule has 0 fully saturated rings. The molecule has 132 valence electrons. The van der Waals surface area contributed by atoms with Crippen LogP contribution in [-0.2, 0) is 6.42 Å². The first kappa shape index (κ1) is 18.2. The molecule has 0 aliphatic carbocycles. The molecule has 0 aromatic heterocycles. The molecule has 0 spiro atoms. The van der Waals surface area contributed by atoms with Crippen molar-refractivity contribution in [2.24, 2.45) is 0 Å². The van der Waals surface area contributed by atoms with Gasteiger partial charge in [-0.25, -0.2) is 0 Å². The number of nitrogens with one attached hydrogen (secondary N) is 2. The van der Waals surface area contributed by atoms with E-state index in [1.165, 1.54) is 22.3 Å². The molecule has 3 rings (SSSR count). The van der Waals surface area contributed by atoms with E-state index in [9.17, 15) is 0 Å². The van der Waals surface area contributed by atoms with Crippen LogP contribution in [0.5, 0.6) is 0 Å². The molecular weight excluding hydrogens is 336 g/mol. The Morgan fingerprint density at radius 3 is 2.04 bits per heavy atom. The van der Waals surface area contributed by atoms with Crippen LogP contribution >= 0.6 is 12.2 Å². The van der Waals surface area contributed by atoms with Crippen molar-refractivity contribution in [3.63, 3.8) is 0 Å². The first-order valence-corrected chi connectivity index (χ1v) is 9.25. The summed E-state index contributed by atoms with van der Waals surface area (Å²) in [5.74, 6) is 0. The predicted octanol–water partition coefficient (Wildman–Crippen LogP) is 5.57. The van der Waals surface area contributed by atoms with Crippen molar-refractivity contribution in [2.75, 3.05) is 5.32 Å². The largest absolute Gasteiger partial charge is 0.355 e. The van der Waals surface area contributed by atoms with E-state index in [1.54, 1.807) is 0 Å². The SMILES string of the molecule is Cc1cc(C)cc(NC(=S)N[C@@H](Cc2ccccc2)c2ccccc2)c1. The van der Waals surface area contributed by atoms with Gasteiger partial charge >= 0.3 is 0 Å². The molecule has 0 aliphatic heterocycles. The molecule has 1 atom stereocenters. The summed E-state index contributed by atoms with van der Waals surface area (Å²) in [6.07, 6.45) is 0.875. The Balaban J connectivity index is 1.75. The van der Waals surface area contributed by atoms with E-state index in [4.69, 9.17) is 12.2 Å². The molecule has 0 saturated heterocycles. The zero-order valence-corrected chi connectivity index (χ0v) is 16.0. The van der Waals surface area contributed by atoms with Crippen LogP contribution in [0.15, 0.2) is 78.9 Å². The summed E-state index contributed by atoms with van der Waals surface area (Å²) in [4.78, 5) is 0. The lowest BCUT2D eigenvalue weighted by atomic mass is 9.99. The van der Waals surface area contributed by atoms with E-state index in [0.29, 0.717) is 5.11 Å². The topological polar surface area (TPSA) is 24.1 Å². The molecule has 0 saturated carbocycles. The van der Waals surface area contributed by atoms with Crippen LogP contribution in [0.1, 0.15) is 28.3 Å². The fraction of sp³-hybridized carbons (Fsp3) is 0.174. The molecule has 2 N–H and O–H groups in total. The highest BCUT2D eigenvalue weighted by atomic mass is 32.1. The second-order valence-corrected chi connectivity index (χ2v) is 7.04. The molecule has 0 unspecified atom stereocenters. The van der Waals surface area contributed by atoms with Gasteiger partial charge in [-0.2, -0.15) is 0 Å². The molecule has 0 aliphatic rings. The van der Waals surface area contributed by atoms with Crippen LogP contribution in [0.4, 0.5) is 5.69 Å². The van der Waals surface area contributed by atoms with Crippen molar-refractivity contribution in [3.8, 4) is 0 Å². The first-order valence-electron chi connectivity index (χ1n) is 8.85. The van der Waals surface area contributed by atoms with Gasteiger partial charge in [-0.15, -0.1) is 0 Å². The Labute approximate surface area is 161 Å². The number of benzene rings is 3. The van der Waals surface area contributed by atoms with Gasteiger partial charge in [0.05, 0.1) is 6.04 Å². The highest BCUT2D eigenvalue weighted by molar-refractivity contribution is 7.80. The van der Waals surface area contributed by atoms with Crippen molar-refractivity contribution in [1.29, 1.82) is 0 Å². The van der Waals surface area contributed by atoms with Crippen molar-refractivity contribution >= 4 is 23.0 Å². The second-order valence-electron chi connectivity index (χ2n) is 6.63.